The summed E-state index contributed by atoms with van der Waals surface area (Å²) in [7, 11) is 0. The number of hydrogen-bond acceptors (Lipinski definition) is 7. The molecule has 4 aromatic rings. The molecule has 9 heteroatoms. The topological polar surface area (TPSA) is 98.7 Å². The van der Waals surface area contributed by atoms with Gasteiger partial charge in [-0.1, -0.05) is 42.9 Å². The number of amides is 1. The van der Waals surface area contributed by atoms with Gasteiger partial charge in [-0.25, -0.2) is 4.98 Å². The molecular weight excluding hydrogens is 436 g/mol. The van der Waals surface area contributed by atoms with Crippen LogP contribution in [0.25, 0.3) is 17.1 Å². The minimum Gasteiger partial charge on any atom is -0.343 e. The second-order valence-electron chi connectivity index (χ2n) is 8.14. The van der Waals surface area contributed by atoms with Crippen LogP contribution in [0.5, 0.6) is 0 Å². The van der Waals surface area contributed by atoms with Gasteiger partial charge in [0.25, 0.3) is 0 Å². The van der Waals surface area contributed by atoms with E-state index in [0.717, 1.165) is 22.0 Å². The van der Waals surface area contributed by atoms with Crippen molar-refractivity contribution in [2.45, 2.75) is 38.9 Å². The number of nitrogens with zero attached hydrogens (tertiary/aromatic N) is 5. The smallest absolute Gasteiger partial charge is 0.249 e. The molecule has 0 bridgehead atoms. The van der Waals surface area contributed by atoms with Gasteiger partial charge in [-0.2, -0.15) is 4.98 Å². The van der Waals surface area contributed by atoms with Crippen molar-refractivity contribution in [1.29, 1.82) is 0 Å². The van der Waals surface area contributed by atoms with E-state index >= 15 is 0 Å². The fraction of sp³-hybridized carbons (Fsp3) is 0.292. The predicted molar refractivity (Wildman–Crippen MR) is 127 cm³/mol. The number of carbonyl (C=O) groups is 1. The van der Waals surface area contributed by atoms with E-state index in [4.69, 9.17) is 4.52 Å². The first-order valence-electron chi connectivity index (χ1n) is 10.7. The maximum absolute atomic E-state index is 12.8. The Morgan fingerprint density at radius 1 is 1.15 bits per heavy atom. The van der Waals surface area contributed by atoms with Crippen molar-refractivity contribution in [3.63, 3.8) is 0 Å². The van der Waals surface area contributed by atoms with Crippen LogP contribution < -0.4 is 5.32 Å². The molecule has 3 heterocycles. The number of thioether (sulfide) groups is 1. The van der Waals surface area contributed by atoms with Crippen LogP contribution in [-0.2, 0) is 4.79 Å². The summed E-state index contributed by atoms with van der Waals surface area (Å²) in [6.45, 7) is 8.13. The third-order valence-electron chi connectivity index (χ3n) is 5.19. The van der Waals surface area contributed by atoms with Crippen molar-refractivity contribution in [2.24, 2.45) is 5.92 Å². The van der Waals surface area contributed by atoms with Gasteiger partial charge in [0.05, 0.1) is 11.4 Å². The molecule has 0 fully saturated rings. The Bertz CT molecular complexity index is 1230. The Kier molecular flexibility index (Phi) is 6.88. The van der Waals surface area contributed by atoms with Gasteiger partial charge in [-0.15, -0.1) is 0 Å². The summed E-state index contributed by atoms with van der Waals surface area (Å²) < 4.78 is 7.49. The van der Waals surface area contributed by atoms with Crippen molar-refractivity contribution in [3.05, 3.63) is 72.1 Å². The zero-order valence-corrected chi connectivity index (χ0v) is 19.8. The molecule has 0 aliphatic carbocycles. The Balaban J connectivity index is 1.44. The van der Waals surface area contributed by atoms with Crippen molar-refractivity contribution in [1.82, 2.24) is 30.0 Å². The first kappa shape index (κ1) is 22.7. The van der Waals surface area contributed by atoms with Gasteiger partial charge < -0.3 is 9.84 Å². The Morgan fingerprint density at radius 2 is 1.94 bits per heavy atom. The molecule has 4 rings (SSSR count). The van der Waals surface area contributed by atoms with Crippen LogP contribution in [0.1, 0.15) is 36.9 Å². The lowest BCUT2D eigenvalue weighted by Crippen LogP contribution is -2.33. The lowest BCUT2D eigenvalue weighted by Gasteiger charge is -2.18. The maximum atomic E-state index is 12.8. The number of carbonyl (C=O) groups excluding carboxylic acids is 1. The molecule has 170 valence electrons. The highest BCUT2D eigenvalue weighted by Crippen LogP contribution is 2.26. The molecular formula is C24H26N6O2S. The zero-order chi connectivity index (χ0) is 23.4. The molecule has 0 spiro atoms. The minimum atomic E-state index is -0.389. The minimum absolute atomic E-state index is 0.0709. The van der Waals surface area contributed by atoms with E-state index in [0.29, 0.717) is 11.7 Å². The summed E-state index contributed by atoms with van der Waals surface area (Å²) in [5, 5.41) is 7.86. The molecule has 0 aliphatic heterocycles. The van der Waals surface area contributed by atoms with E-state index in [1.807, 2.05) is 36.7 Å². The average Bonchev–Trinajstić information content (AvgIpc) is 3.48. The summed E-state index contributed by atoms with van der Waals surface area (Å²) in [4.78, 5) is 25.7. The molecule has 0 saturated carbocycles. The number of hydrogen-bond donors (Lipinski definition) is 1. The fourth-order valence-electron chi connectivity index (χ4n) is 3.40. The zero-order valence-electron chi connectivity index (χ0n) is 19.0. The Labute approximate surface area is 196 Å². The van der Waals surface area contributed by atoms with Gasteiger partial charge in [0.15, 0.2) is 5.16 Å². The number of aryl methyl sites for hydroxylation is 2. The van der Waals surface area contributed by atoms with E-state index in [9.17, 15) is 4.79 Å². The lowest BCUT2D eigenvalue weighted by atomic mass is 10.0. The van der Waals surface area contributed by atoms with Gasteiger partial charge in [0.1, 0.15) is 6.04 Å². The van der Waals surface area contributed by atoms with Gasteiger partial charge in [-0.3, -0.25) is 14.3 Å². The van der Waals surface area contributed by atoms with E-state index in [1.165, 1.54) is 17.3 Å². The van der Waals surface area contributed by atoms with Crippen molar-refractivity contribution >= 4 is 17.7 Å². The molecule has 1 aromatic carbocycles. The normalized spacial score (nSPS) is 12.2. The highest BCUT2D eigenvalue weighted by Gasteiger charge is 2.25. The highest BCUT2D eigenvalue weighted by molar-refractivity contribution is 7.99. The largest absolute Gasteiger partial charge is 0.343 e. The molecule has 0 aliphatic rings. The first-order chi connectivity index (χ1) is 15.9. The third-order valence-corrected chi connectivity index (χ3v) is 6.16. The number of nitrogens with one attached hydrogen (secondary N) is 1. The van der Waals surface area contributed by atoms with Crippen molar-refractivity contribution in [2.75, 3.05) is 5.75 Å². The standard InChI is InChI=1S/C24H26N6O2S/c1-15(2)21(23-28-22(29-32-23)18-7-9-25-10-8-18)27-20(31)14-33-24-26-11-12-30(24)19-13-16(3)5-6-17(19)4/h5-13,15,21H,14H2,1-4H3,(H,27,31). The molecule has 1 unspecified atom stereocenters. The van der Waals surface area contributed by atoms with E-state index in [-0.39, 0.29) is 23.6 Å². The van der Waals surface area contributed by atoms with Gasteiger partial charge >= 0.3 is 0 Å². The van der Waals surface area contributed by atoms with Crippen LogP contribution >= 0.6 is 11.8 Å². The van der Waals surface area contributed by atoms with Crippen LogP contribution in [0.2, 0.25) is 0 Å². The average molecular weight is 463 g/mol. The van der Waals surface area contributed by atoms with Crippen LogP contribution in [0.15, 0.2) is 64.8 Å². The van der Waals surface area contributed by atoms with Crippen LogP contribution in [0, 0.1) is 19.8 Å². The maximum Gasteiger partial charge on any atom is 0.249 e. The Morgan fingerprint density at radius 3 is 2.70 bits per heavy atom. The molecule has 3 aromatic heterocycles. The van der Waals surface area contributed by atoms with E-state index in [1.54, 1.807) is 18.6 Å². The number of pyridine rings is 1. The molecule has 1 atom stereocenters. The van der Waals surface area contributed by atoms with Gasteiger partial charge in [0.2, 0.25) is 17.6 Å². The lowest BCUT2D eigenvalue weighted by molar-refractivity contribution is -0.119. The van der Waals surface area contributed by atoms with Crippen LogP contribution in [-0.4, -0.2) is 36.3 Å². The summed E-state index contributed by atoms with van der Waals surface area (Å²) >= 11 is 1.39. The Hall–Kier alpha value is -3.46. The third kappa shape index (κ3) is 5.31. The molecule has 1 amide bonds. The molecule has 8 nitrogen and oxygen atoms in total. The van der Waals surface area contributed by atoms with Gasteiger partial charge in [-0.05, 0) is 49.1 Å². The molecule has 0 radical (unpaired) electrons. The second-order valence-corrected chi connectivity index (χ2v) is 9.08. The summed E-state index contributed by atoms with van der Waals surface area (Å²) in [6, 6.07) is 9.52. The van der Waals surface area contributed by atoms with Crippen molar-refractivity contribution in [3.8, 4) is 17.1 Å². The van der Waals surface area contributed by atoms with Crippen LogP contribution in [0.4, 0.5) is 0 Å². The molecule has 1 N–H and O–H groups in total. The summed E-state index contributed by atoms with van der Waals surface area (Å²) in [6.07, 6.45) is 7.01. The number of aromatic nitrogens is 5. The SMILES string of the molecule is Cc1ccc(C)c(-n2ccnc2SCC(=O)NC(c2nc(-c3ccncc3)no2)C(C)C)c1. The monoisotopic (exact) mass is 462 g/mol. The summed E-state index contributed by atoms with van der Waals surface area (Å²) in [5.41, 5.74) is 4.18. The number of imidazole rings is 1. The van der Waals surface area contributed by atoms with E-state index in [2.05, 4.69) is 57.5 Å². The predicted octanol–water partition coefficient (Wildman–Crippen LogP) is 4.54. The first-order valence-corrected chi connectivity index (χ1v) is 11.7. The molecule has 33 heavy (non-hydrogen) atoms. The number of benzene rings is 1. The van der Waals surface area contributed by atoms with Gasteiger partial charge in [0, 0.05) is 30.4 Å². The highest BCUT2D eigenvalue weighted by atomic mass is 32.2. The quantitative estimate of drug-likeness (QED) is 0.384. The fourth-order valence-corrected chi connectivity index (χ4v) is 4.17. The van der Waals surface area contributed by atoms with Crippen LogP contribution in [0.3, 0.4) is 0 Å². The van der Waals surface area contributed by atoms with E-state index < -0.39 is 0 Å². The summed E-state index contributed by atoms with van der Waals surface area (Å²) in [5.74, 6) is 1.01. The second kappa shape index (κ2) is 9.99. The molecule has 0 saturated heterocycles. The number of rotatable bonds is 8. The van der Waals surface area contributed by atoms with Crippen molar-refractivity contribution < 1.29 is 9.32 Å².